The van der Waals surface area contributed by atoms with E-state index in [1.807, 2.05) is 13.1 Å². The topological polar surface area (TPSA) is 60.2 Å². The highest BCUT2D eigenvalue weighted by atomic mass is 16.5. The van der Waals surface area contributed by atoms with Gasteiger partial charge in [0.25, 0.3) is 0 Å². The molecule has 84 valence electrons. The number of rotatable bonds is 6. The number of ether oxygens (including phenoxy) is 1. The van der Waals surface area contributed by atoms with E-state index in [0.717, 1.165) is 18.6 Å². The maximum absolute atomic E-state index is 5.54. The Morgan fingerprint density at radius 1 is 1.53 bits per heavy atom. The summed E-state index contributed by atoms with van der Waals surface area (Å²) in [5.41, 5.74) is 5.47. The van der Waals surface area contributed by atoms with Gasteiger partial charge in [0, 0.05) is 6.04 Å². The molecule has 0 saturated heterocycles. The molecule has 1 atom stereocenters. The molecule has 0 aliphatic heterocycles. The summed E-state index contributed by atoms with van der Waals surface area (Å²) in [7, 11) is 1.97. The third-order valence-corrected chi connectivity index (χ3v) is 2.40. The third-order valence-electron chi connectivity index (χ3n) is 2.40. The molecular formula is C11H19N3O. The zero-order chi connectivity index (χ0) is 11.1. The predicted octanol–water partition coefficient (Wildman–Crippen LogP) is 1.43. The van der Waals surface area contributed by atoms with Crippen molar-refractivity contribution < 1.29 is 4.74 Å². The molecule has 0 fully saturated rings. The predicted molar refractivity (Wildman–Crippen MR) is 61.9 cm³/mol. The average Bonchev–Trinajstić information content (AvgIpc) is 2.27. The van der Waals surface area contributed by atoms with Crippen molar-refractivity contribution in [2.75, 3.05) is 19.4 Å². The molecule has 0 aliphatic carbocycles. The second kappa shape index (κ2) is 6.24. The van der Waals surface area contributed by atoms with Gasteiger partial charge in [-0.1, -0.05) is 6.92 Å². The van der Waals surface area contributed by atoms with E-state index in [2.05, 4.69) is 17.2 Å². The Hall–Kier alpha value is -1.29. The largest absolute Gasteiger partial charge is 0.492 e. The van der Waals surface area contributed by atoms with Crippen LogP contribution in [0.5, 0.6) is 5.75 Å². The van der Waals surface area contributed by atoms with Crippen LogP contribution in [0.2, 0.25) is 0 Å². The van der Waals surface area contributed by atoms with Crippen molar-refractivity contribution in [3.8, 4) is 5.75 Å². The minimum Gasteiger partial charge on any atom is -0.492 e. The minimum atomic E-state index is 0.518. The van der Waals surface area contributed by atoms with Gasteiger partial charge in [0.1, 0.15) is 11.6 Å². The first kappa shape index (κ1) is 11.8. The summed E-state index contributed by atoms with van der Waals surface area (Å²) < 4.78 is 5.54. The Kier molecular flexibility index (Phi) is 4.90. The molecule has 0 bridgehead atoms. The molecule has 4 nitrogen and oxygen atoms in total. The highest BCUT2D eigenvalue weighted by Crippen LogP contribution is 2.10. The minimum absolute atomic E-state index is 0.518. The molecule has 1 rings (SSSR count). The van der Waals surface area contributed by atoms with Crippen LogP contribution >= 0.6 is 0 Å². The van der Waals surface area contributed by atoms with Crippen LogP contribution < -0.4 is 15.8 Å². The molecule has 0 spiro atoms. The van der Waals surface area contributed by atoms with E-state index < -0.39 is 0 Å². The molecule has 0 radical (unpaired) electrons. The van der Waals surface area contributed by atoms with Crippen LogP contribution in [0.1, 0.15) is 19.8 Å². The standard InChI is InChI=1S/C11H19N3O/c1-3-9(13-2)6-7-15-10-4-5-11(12)14-8-10/h4-5,8-9,13H,3,6-7H2,1-2H3,(H2,12,14). The number of nitrogens with one attached hydrogen (secondary N) is 1. The Morgan fingerprint density at radius 2 is 2.33 bits per heavy atom. The van der Waals surface area contributed by atoms with Gasteiger partial charge in [0.15, 0.2) is 0 Å². The van der Waals surface area contributed by atoms with E-state index in [0.29, 0.717) is 18.5 Å². The van der Waals surface area contributed by atoms with Crippen LogP contribution in [0.3, 0.4) is 0 Å². The molecule has 1 unspecified atom stereocenters. The number of pyridine rings is 1. The maximum atomic E-state index is 5.54. The number of nitrogens with two attached hydrogens (primary N) is 1. The first-order chi connectivity index (χ1) is 7.26. The highest BCUT2D eigenvalue weighted by molar-refractivity contribution is 5.31. The number of aromatic nitrogens is 1. The second-order valence-electron chi connectivity index (χ2n) is 3.45. The highest BCUT2D eigenvalue weighted by Gasteiger charge is 2.02. The van der Waals surface area contributed by atoms with Crippen molar-refractivity contribution in [3.05, 3.63) is 18.3 Å². The number of hydrogen-bond acceptors (Lipinski definition) is 4. The fourth-order valence-corrected chi connectivity index (χ4v) is 1.35. The van der Waals surface area contributed by atoms with Crippen LogP contribution in [0.4, 0.5) is 5.82 Å². The van der Waals surface area contributed by atoms with Crippen LogP contribution in [0, 0.1) is 0 Å². The second-order valence-corrected chi connectivity index (χ2v) is 3.45. The molecule has 0 amide bonds. The van der Waals surface area contributed by atoms with Gasteiger partial charge in [-0.25, -0.2) is 4.98 Å². The van der Waals surface area contributed by atoms with Gasteiger partial charge >= 0.3 is 0 Å². The smallest absolute Gasteiger partial charge is 0.137 e. The van der Waals surface area contributed by atoms with Crippen LogP contribution in [-0.2, 0) is 0 Å². The van der Waals surface area contributed by atoms with E-state index >= 15 is 0 Å². The lowest BCUT2D eigenvalue weighted by Gasteiger charge is -2.13. The van der Waals surface area contributed by atoms with E-state index in [4.69, 9.17) is 10.5 Å². The normalized spacial score (nSPS) is 12.4. The van der Waals surface area contributed by atoms with E-state index in [9.17, 15) is 0 Å². The summed E-state index contributed by atoms with van der Waals surface area (Å²) in [6, 6.07) is 4.10. The van der Waals surface area contributed by atoms with Crippen molar-refractivity contribution in [1.29, 1.82) is 0 Å². The third kappa shape index (κ3) is 4.16. The SMILES string of the molecule is CCC(CCOc1ccc(N)nc1)NC. The van der Waals surface area contributed by atoms with Gasteiger partial charge in [-0.2, -0.15) is 0 Å². The Labute approximate surface area is 90.8 Å². The molecule has 4 heteroatoms. The summed E-state index contributed by atoms with van der Waals surface area (Å²) in [6.45, 7) is 2.86. The van der Waals surface area contributed by atoms with Gasteiger partial charge in [-0.15, -0.1) is 0 Å². The van der Waals surface area contributed by atoms with Crippen LogP contribution in [0.25, 0.3) is 0 Å². The lowest BCUT2D eigenvalue weighted by atomic mass is 10.2. The van der Waals surface area contributed by atoms with Crippen LogP contribution in [0.15, 0.2) is 18.3 Å². The van der Waals surface area contributed by atoms with Gasteiger partial charge < -0.3 is 15.8 Å². The summed E-state index contributed by atoms with van der Waals surface area (Å²) in [6.07, 6.45) is 3.76. The van der Waals surface area contributed by atoms with Crippen molar-refractivity contribution in [2.45, 2.75) is 25.8 Å². The quantitative estimate of drug-likeness (QED) is 0.744. The lowest BCUT2D eigenvalue weighted by molar-refractivity contribution is 0.286. The maximum Gasteiger partial charge on any atom is 0.137 e. The number of nitrogens with zero attached hydrogens (tertiary/aromatic N) is 1. The fraction of sp³-hybridized carbons (Fsp3) is 0.545. The summed E-state index contributed by atoms with van der Waals surface area (Å²) in [5.74, 6) is 1.29. The molecule has 0 aliphatic rings. The Bertz CT molecular complexity index is 270. The zero-order valence-corrected chi connectivity index (χ0v) is 9.36. The number of nitrogen functional groups attached to an aromatic ring is 1. The van der Waals surface area contributed by atoms with Crippen molar-refractivity contribution >= 4 is 5.82 Å². The molecule has 1 aromatic heterocycles. The molecule has 0 saturated carbocycles. The van der Waals surface area contributed by atoms with Gasteiger partial charge in [0.2, 0.25) is 0 Å². The summed E-state index contributed by atoms with van der Waals surface area (Å²) >= 11 is 0. The zero-order valence-electron chi connectivity index (χ0n) is 9.36. The molecular weight excluding hydrogens is 190 g/mol. The van der Waals surface area contributed by atoms with Crippen molar-refractivity contribution in [3.63, 3.8) is 0 Å². The Balaban J connectivity index is 2.28. The average molecular weight is 209 g/mol. The van der Waals surface area contributed by atoms with Gasteiger partial charge in [-0.3, -0.25) is 0 Å². The first-order valence-electron chi connectivity index (χ1n) is 5.27. The monoisotopic (exact) mass is 209 g/mol. The molecule has 1 heterocycles. The van der Waals surface area contributed by atoms with E-state index in [1.54, 1.807) is 12.3 Å². The van der Waals surface area contributed by atoms with E-state index in [1.165, 1.54) is 0 Å². The van der Waals surface area contributed by atoms with Crippen LogP contribution in [-0.4, -0.2) is 24.7 Å². The Morgan fingerprint density at radius 3 is 2.87 bits per heavy atom. The number of hydrogen-bond donors (Lipinski definition) is 2. The molecule has 3 N–H and O–H groups in total. The summed E-state index contributed by atoms with van der Waals surface area (Å²) in [5, 5.41) is 3.23. The van der Waals surface area contributed by atoms with E-state index in [-0.39, 0.29) is 0 Å². The number of anilines is 1. The van der Waals surface area contributed by atoms with Crippen molar-refractivity contribution in [2.24, 2.45) is 0 Å². The van der Waals surface area contributed by atoms with Crippen molar-refractivity contribution in [1.82, 2.24) is 10.3 Å². The molecule has 0 aromatic carbocycles. The van der Waals surface area contributed by atoms with Gasteiger partial charge in [0.05, 0.1) is 12.8 Å². The molecule has 15 heavy (non-hydrogen) atoms. The fourth-order valence-electron chi connectivity index (χ4n) is 1.35. The molecule has 1 aromatic rings. The van der Waals surface area contributed by atoms with Gasteiger partial charge in [-0.05, 0) is 32.0 Å². The summed E-state index contributed by atoms with van der Waals surface area (Å²) in [4.78, 5) is 3.95. The lowest BCUT2D eigenvalue weighted by Crippen LogP contribution is -2.26. The first-order valence-corrected chi connectivity index (χ1v) is 5.27.